The lowest BCUT2D eigenvalue weighted by Gasteiger charge is -2.18. The van der Waals surface area contributed by atoms with Gasteiger partial charge in [0.25, 0.3) is 5.91 Å². The molecule has 0 aliphatic heterocycles. The monoisotopic (exact) mass is 288 g/mol. The maximum atomic E-state index is 12.6. The molecule has 0 heterocycles. The van der Waals surface area contributed by atoms with E-state index in [2.05, 4.69) is 30.5 Å². The average molecular weight is 288 g/mol. The molecule has 1 aliphatic carbocycles. The average Bonchev–Trinajstić information content (AvgIpc) is 2.73. The molecule has 2 rings (SSSR count). The third-order valence-corrected chi connectivity index (χ3v) is 4.18. The van der Waals surface area contributed by atoms with Crippen molar-refractivity contribution in [2.75, 3.05) is 11.9 Å². The molecule has 1 aromatic carbocycles. The second kappa shape index (κ2) is 8.06. The van der Waals surface area contributed by atoms with Gasteiger partial charge in [0, 0.05) is 18.3 Å². The zero-order chi connectivity index (χ0) is 15.1. The number of benzene rings is 1. The Morgan fingerprint density at radius 3 is 2.57 bits per heavy atom. The summed E-state index contributed by atoms with van der Waals surface area (Å²) in [7, 11) is 0. The minimum Gasteiger partial charge on any atom is -0.384 e. The molecule has 3 heteroatoms. The Labute approximate surface area is 128 Å². The van der Waals surface area contributed by atoms with E-state index in [1.54, 1.807) is 0 Å². The number of carbonyl (C=O) groups excluding carboxylic acids is 1. The second-order valence-corrected chi connectivity index (χ2v) is 6.14. The number of rotatable bonds is 5. The maximum Gasteiger partial charge on any atom is 0.253 e. The van der Waals surface area contributed by atoms with E-state index in [4.69, 9.17) is 0 Å². The standard InChI is InChI=1S/C18H28N2O/c1-3-12-19-17-13-14(2)10-11-16(17)18(21)20-15-8-6-4-5-7-9-15/h10-11,13,15,19H,3-9,12H2,1-2H3,(H,20,21). The summed E-state index contributed by atoms with van der Waals surface area (Å²) in [6.07, 6.45) is 8.38. The maximum absolute atomic E-state index is 12.6. The molecule has 3 nitrogen and oxygen atoms in total. The van der Waals surface area contributed by atoms with Gasteiger partial charge in [-0.1, -0.05) is 38.7 Å². The van der Waals surface area contributed by atoms with Gasteiger partial charge in [0.1, 0.15) is 0 Å². The summed E-state index contributed by atoms with van der Waals surface area (Å²) < 4.78 is 0. The van der Waals surface area contributed by atoms with Crippen LogP contribution in [0.1, 0.15) is 67.8 Å². The molecule has 1 fully saturated rings. The predicted octanol–water partition coefficient (Wildman–Crippen LogP) is 4.27. The van der Waals surface area contributed by atoms with Gasteiger partial charge in [-0.25, -0.2) is 0 Å². The molecule has 1 aromatic rings. The van der Waals surface area contributed by atoms with E-state index in [-0.39, 0.29) is 5.91 Å². The summed E-state index contributed by atoms with van der Waals surface area (Å²) >= 11 is 0. The van der Waals surface area contributed by atoms with Gasteiger partial charge < -0.3 is 10.6 Å². The SMILES string of the molecule is CCCNc1cc(C)ccc1C(=O)NC1CCCCCC1. The summed E-state index contributed by atoms with van der Waals surface area (Å²) in [5, 5.41) is 6.61. The van der Waals surface area contributed by atoms with Crippen LogP contribution in [0.2, 0.25) is 0 Å². The molecule has 0 atom stereocenters. The van der Waals surface area contributed by atoms with E-state index < -0.39 is 0 Å². The van der Waals surface area contributed by atoms with Crippen LogP contribution in [0.4, 0.5) is 5.69 Å². The number of nitrogens with one attached hydrogen (secondary N) is 2. The number of hydrogen-bond acceptors (Lipinski definition) is 2. The topological polar surface area (TPSA) is 41.1 Å². The van der Waals surface area contributed by atoms with Crippen LogP contribution < -0.4 is 10.6 Å². The zero-order valence-corrected chi connectivity index (χ0v) is 13.4. The van der Waals surface area contributed by atoms with E-state index >= 15 is 0 Å². The second-order valence-electron chi connectivity index (χ2n) is 6.14. The van der Waals surface area contributed by atoms with Crippen molar-refractivity contribution in [1.82, 2.24) is 5.32 Å². The molecule has 1 aliphatic rings. The lowest BCUT2D eigenvalue weighted by molar-refractivity contribution is 0.0934. The molecule has 1 saturated carbocycles. The minimum atomic E-state index is 0.0699. The van der Waals surface area contributed by atoms with Gasteiger partial charge in [-0.2, -0.15) is 0 Å². The van der Waals surface area contributed by atoms with E-state index in [1.807, 2.05) is 12.1 Å². The minimum absolute atomic E-state index is 0.0699. The van der Waals surface area contributed by atoms with E-state index in [9.17, 15) is 4.79 Å². The molecule has 0 unspecified atom stereocenters. The van der Waals surface area contributed by atoms with Crippen molar-refractivity contribution in [1.29, 1.82) is 0 Å². The highest BCUT2D eigenvalue weighted by atomic mass is 16.1. The number of carbonyl (C=O) groups is 1. The summed E-state index contributed by atoms with van der Waals surface area (Å²) in [5.74, 6) is 0.0699. The van der Waals surface area contributed by atoms with Crippen LogP contribution in [-0.4, -0.2) is 18.5 Å². The smallest absolute Gasteiger partial charge is 0.253 e. The summed E-state index contributed by atoms with van der Waals surface area (Å²) in [6.45, 7) is 5.09. The third-order valence-electron chi connectivity index (χ3n) is 4.18. The molecule has 0 spiro atoms. The largest absolute Gasteiger partial charge is 0.384 e. The Morgan fingerprint density at radius 1 is 1.19 bits per heavy atom. The third kappa shape index (κ3) is 4.76. The fourth-order valence-corrected chi connectivity index (χ4v) is 2.95. The quantitative estimate of drug-likeness (QED) is 0.794. The Balaban J connectivity index is 2.06. The van der Waals surface area contributed by atoms with Gasteiger partial charge >= 0.3 is 0 Å². The van der Waals surface area contributed by atoms with Crippen LogP contribution in [0.15, 0.2) is 18.2 Å². The summed E-state index contributed by atoms with van der Waals surface area (Å²) in [5.41, 5.74) is 2.92. The lowest BCUT2D eigenvalue weighted by atomic mass is 10.1. The van der Waals surface area contributed by atoms with Crippen molar-refractivity contribution < 1.29 is 4.79 Å². The number of amides is 1. The molecule has 21 heavy (non-hydrogen) atoms. The van der Waals surface area contributed by atoms with E-state index in [0.29, 0.717) is 6.04 Å². The first kappa shape index (κ1) is 15.9. The first-order chi connectivity index (χ1) is 10.2. The van der Waals surface area contributed by atoms with Gasteiger partial charge in [0.05, 0.1) is 5.56 Å². The van der Waals surface area contributed by atoms with E-state index in [1.165, 1.54) is 31.2 Å². The molecule has 0 radical (unpaired) electrons. The van der Waals surface area contributed by atoms with Crippen LogP contribution >= 0.6 is 0 Å². The number of hydrogen-bond donors (Lipinski definition) is 2. The van der Waals surface area contributed by atoms with Crippen LogP contribution in [0.3, 0.4) is 0 Å². The fourth-order valence-electron chi connectivity index (χ4n) is 2.95. The fraction of sp³-hybridized carbons (Fsp3) is 0.611. The number of aryl methyl sites for hydroxylation is 1. The highest BCUT2D eigenvalue weighted by Gasteiger charge is 2.17. The van der Waals surface area contributed by atoms with Crippen LogP contribution in [0.5, 0.6) is 0 Å². The predicted molar refractivity (Wildman–Crippen MR) is 88.9 cm³/mol. The van der Waals surface area contributed by atoms with Crippen molar-refractivity contribution in [2.45, 2.75) is 64.8 Å². The Morgan fingerprint density at radius 2 is 1.90 bits per heavy atom. The van der Waals surface area contributed by atoms with E-state index in [0.717, 1.165) is 37.1 Å². The van der Waals surface area contributed by atoms with Crippen molar-refractivity contribution in [3.63, 3.8) is 0 Å². The van der Waals surface area contributed by atoms with Gasteiger partial charge in [-0.3, -0.25) is 4.79 Å². The Kier molecular flexibility index (Phi) is 6.09. The Bertz CT molecular complexity index is 462. The molecule has 116 valence electrons. The summed E-state index contributed by atoms with van der Waals surface area (Å²) in [4.78, 5) is 12.6. The first-order valence-electron chi connectivity index (χ1n) is 8.36. The highest BCUT2D eigenvalue weighted by Crippen LogP contribution is 2.21. The number of anilines is 1. The van der Waals surface area contributed by atoms with Crippen molar-refractivity contribution in [2.24, 2.45) is 0 Å². The van der Waals surface area contributed by atoms with Gasteiger partial charge in [-0.05, 0) is 43.9 Å². The van der Waals surface area contributed by atoms with Crippen LogP contribution in [0, 0.1) is 6.92 Å². The highest BCUT2D eigenvalue weighted by molar-refractivity contribution is 5.99. The first-order valence-corrected chi connectivity index (χ1v) is 8.36. The van der Waals surface area contributed by atoms with Crippen LogP contribution in [0.25, 0.3) is 0 Å². The molecule has 0 saturated heterocycles. The summed E-state index contributed by atoms with van der Waals surface area (Å²) in [6, 6.07) is 6.37. The lowest BCUT2D eigenvalue weighted by Crippen LogP contribution is -2.34. The normalized spacial score (nSPS) is 16.3. The van der Waals surface area contributed by atoms with Gasteiger partial charge in [0.2, 0.25) is 0 Å². The van der Waals surface area contributed by atoms with Gasteiger partial charge in [-0.15, -0.1) is 0 Å². The molecule has 0 aromatic heterocycles. The van der Waals surface area contributed by atoms with Crippen LogP contribution in [-0.2, 0) is 0 Å². The molecular formula is C18H28N2O. The molecule has 1 amide bonds. The van der Waals surface area contributed by atoms with Crippen molar-refractivity contribution in [3.05, 3.63) is 29.3 Å². The van der Waals surface area contributed by atoms with Gasteiger partial charge in [0.15, 0.2) is 0 Å². The Hall–Kier alpha value is -1.51. The molecule has 0 bridgehead atoms. The van der Waals surface area contributed by atoms with Crippen molar-refractivity contribution in [3.8, 4) is 0 Å². The molecular weight excluding hydrogens is 260 g/mol. The molecule has 2 N–H and O–H groups in total. The van der Waals surface area contributed by atoms with Crippen molar-refractivity contribution >= 4 is 11.6 Å². The zero-order valence-electron chi connectivity index (χ0n) is 13.4.